The number of imidazole rings is 1. The molecule has 0 saturated carbocycles. The lowest BCUT2D eigenvalue weighted by molar-refractivity contribution is 0.0131. The summed E-state index contributed by atoms with van der Waals surface area (Å²) < 4.78 is 58.1. The molecule has 0 atom stereocenters. The van der Waals surface area contributed by atoms with Gasteiger partial charge in [0.15, 0.2) is 11.6 Å². The van der Waals surface area contributed by atoms with E-state index >= 15 is 4.39 Å². The standard InChI is InChI=1S/C30H25F4N7/c1-3-17(15-41-12-10-30(33,34)16-41)13-18(4-2)25-24(32)23-22(14-36-25)39-40-28(23)29-37-21-9-11-35-26(27(21)38-29)19-7-5-6-8-20(19)31/h3-9,11,13-14H,1,10,12,15-16H2,2H3,(H,37,38)(H,39,40)/b17-13+,18-4+. The van der Waals surface area contributed by atoms with Crippen LogP contribution in [0.3, 0.4) is 0 Å². The van der Waals surface area contributed by atoms with Crippen LogP contribution in [0.5, 0.6) is 0 Å². The first kappa shape index (κ1) is 26.6. The van der Waals surface area contributed by atoms with Crippen LogP contribution in [0.4, 0.5) is 17.6 Å². The molecule has 7 nitrogen and oxygen atoms in total. The molecule has 0 bridgehead atoms. The molecule has 4 aromatic heterocycles. The molecule has 0 unspecified atom stereocenters. The van der Waals surface area contributed by atoms with Gasteiger partial charge in [0, 0.05) is 31.3 Å². The topological polar surface area (TPSA) is 86.4 Å². The Balaban J connectivity index is 1.40. The average molecular weight is 560 g/mol. The lowest BCUT2D eigenvalue weighted by Crippen LogP contribution is -2.26. The van der Waals surface area contributed by atoms with Crippen molar-refractivity contribution in [1.29, 1.82) is 0 Å². The third kappa shape index (κ3) is 4.93. The fourth-order valence-corrected chi connectivity index (χ4v) is 5.10. The summed E-state index contributed by atoms with van der Waals surface area (Å²) in [6.45, 7) is 5.76. The summed E-state index contributed by atoms with van der Waals surface area (Å²) >= 11 is 0. The Morgan fingerprint density at radius 1 is 1.12 bits per heavy atom. The van der Waals surface area contributed by atoms with E-state index in [1.54, 1.807) is 60.5 Å². The molecule has 0 radical (unpaired) electrons. The van der Waals surface area contributed by atoms with E-state index in [4.69, 9.17) is 0 Å². The summed E-state index contributed by atoms with van der Waals surface area (Å²) in [5.41, 5.74) is 3.41. The molecule has 5 heterocycles. The second-order valence-electron chi connectivity index (χ2n) is 9.89. The van der Waals surface area contributed by atoms with Crippen molar-refractivity contribution in [3.8, 4) is 22.8 Å². The van der Waals surface area contributed by atoms with E-state index < -0.39 is 17.6 Å². The Kier molecular flexibility index (Phi) is 6.74. The van der Waals surface area contributed by atoms with Crippen LogP contribution in [0.1, 0.15) is 19.0 Å². The van der Waals surface area contributed by atoms with Crippen molar-refractivity contribution in [1.82, 2.24) is 35.0 Å². The first-order valence-electron chi connectivity index (χ1n) is 13.0. The van der Waals surface area contributed by atoms with Gasteiger partial charge in [0.1, 0.15) is 28.4 Å². The van der Waals surface area contributed by atoms with Gasteiger partial charge in [-0.15, -0.1) is 0 Å². The predicted octanol–water partition coefficient (Wildman–Crippen LogP) is 6.70. The third-order valence-electron chi connectivity index (χ3n) is 7.14. The first-order chi connectivity index (χ1) is 19.8. The SMILES string of the molecule is C=C/C(=C\C(=C/C)c1ncc2[nH]nc(-c3nc4c(-c5ccccc5F)nccc4[nH]3)c2c1F)CN1CCC(F)(F)C1. The maximum Gasteiger partial charge on any atom is 0.261 e. The van der Waals surface area contributed by atoms with E-state index in [0.717, 1.165) is 0 Å². The molecule has 1 saturated heterocycles. The molecule has 0 aliphatic carbocycles. The van der Waals surface area contributed by atoms with Gasteiger partial charge in [-0.2, -0.15) is 5.10 Å². The summed E-state index contributed by atoms with van der Waals surface area (Å²) in [6, 6.07) is 7.97. The molecule has 1 aliphatic heterocycles. The monoisotopic (exact) mass is 559 g/mol. The normalized spacial score (nSPS) is 16.2. The molecule has 41 heavy (non-hydrogen) atoms. The van der Waals surface area contributed by atoms with E-state index in [1.807, 2.05) is 0 Å². The van der Waals surface area contributed by atoms with Gasteiger partial charge in [0.05, 0.1) is 29.2 Å². The second-order valence-corrected chi connectivity index (χ2v) is 9.89. The van der Waals surface area contributed by atoms with Crippen molar-refractivity contribution in [3.63, 3.8) is 0 Å². The van der Waals surface area contributed by atoms with Gasteiger partial charge in [-0.3, -0.25) is 20.0 Å². The van der Waals surface area contributed by atoms with Crippen LogP contribution in [-0.4, -0.2) is 60.6 Å². The Bertz CT molecular complexity index is 1850. The van der Waals surface area contributed by atoms with E-state index in [2.05, 4.69) is 36.7 Å². The molecule has 1 aliphatic rings. The van der Waals surface area contributed by atoms with Crippen molar-refractivity contribution in [2.45, 2.75) is 19.3 Å². The number of H-pyrrole nitrogens is 2. The first-order valence-corrected chi connectivity index (χ1v) is 13.0. The number of fused-ring (bicyclic) bond motifs is 2. The lowest BCUT2D eigenvalue weighted by Gasteiger charge is -2.16. The maximum absolute atomic E-state index is 16.2. The van der Waals surface area contributed by atoms with Crippen LogP contribution in [0.2, 0.25) is 0 Å². The van der Waals surface area contributed by atoms with E-state index in [0.29, 0.717) is 39.0 Å². The third-order valence-corrected chi connectivity index (χ3v) is 7.14. The van der Waals surface area contributed by atoms with Crippen LogP contribution in [-0.2, 0) is 0 Å². The molecule has 0 spiro atoms. The Labute approximate surface area is 232 Å². The molecular weight excluding hydrogens is 534 g/mol. The fraction of sp³-hybridized carbons (Fsp3) is 0.200. The zero-order valence-electron chi connectivity index (χ0n) is 22.1. The minimum absolute atomic E-state index is 0.0681. The number of benzene rings is 1. The van der Waals surface area contributed by atoms with Gasteiger partial charge in [-0.1, -0.05) is 30.9 Å². The maximum atomic E-state index is 16.2. The van der Waals surface area contributed by atoms with E-state index in [-0.39, 0.29) is 48.7 Å². The lowest BCUT2D eigenvalue weighted by atomic mass is 10.0. The van der Waals surface area contributed by atoms with Crippen LogP contribution in [0.15, 0.2) is 73.1 Å². The highest BCUT2D eigenvalue weighted by atomic mass is 19.3. The molecular formula is C30H25F4N7. The number of allylic oxidation sites excluding steroid dienone is 3. The molecule has 5 aromatic rings. The summed E-state index contributed by atoms with van der Waals surface area (Å²) in [4.78, 5) is 18.1. The number of aromatic nitrogens is 6. The number of pyridine rings is 2. The van der Waals surface area contributed by atoms with Gasteiger partial charge in [0.2, 0.25) is 0 Å². The number of rotatable bonds is 7. The summed E-state index contributed by atoms with van der Waals surface area (Å²) in [7, 11) is 0. The molecule has 2 N–H and O–H groups in total. The highest BCUT2D eigenvalue weighted by molar-refractivity contribution is 5.97. The second kappa shape index (κ2) is 10.4. The van der Waals surface area contributed by atoms with Gasteiger partial charge >= 0.3 is 0 Å². The zero-order valence-corrected chi connectivity index (χ0v) is 22.1. The number of nitrogens with zero attached hydrogens (tertiary/aromatic N) is 5. The van der Waals surface area contributed by atoms with Gasteiger partial charge in [-0.25, -0.2) is 22.5 Å². The van der Waals surface area contributed by atoms with Crippen LogP contribution in [0, 0.1) is 11.6 Å². The smallest absolute Gasteiger partial charge is 0.261 e. The number of nitrogens with one attached hydrogen (secondary N) is 2. The number of likely N-dealkylation sites (tertiary alicyclic amines) is 1. The average Bonchev–Trinajstić information content (AvgIpc) is 3.68. The number of hydrogen-bond acceptors (Lipinski definition) is 5. The van der Waals surface area contributed by atoms with Crippen molar-refractivity contribution in [2.75, 3.05) is 19.6 Å². The van der Waals surface area contributed by atoms with Gasteiger partial charge in [0.25, 0.3) is 5.92 Å². The Hall–Kier alpha value is -4.64. The van der Waals surface area contributed by atoms with Gasteiger partial charge in [-0.05, 0) is 42.3 Å². The van der Waals surface area contributed by atoms with Gasteiger partial charge < -0.3 is 4.98 Å². The molecule has 6 rings (SSSR count). The predicted molar refractivity (Wildman–Crippen MR) is 150 cm³/mol. The summed E-state index contributed by atoms with van der Waals surface area (Å²) in [5.74, 6) is -3.51. The molecule has 0 amide bonds. The van der Waals surface area contributed by atoms with Crippen molar-refractivity contribution in [2.24, 2.45) is 0 Å². The van der Waals surface area contributed by atoms with Crippen molar-refractivity contribution >= 4 is 27.5 Å². The molecule has 11 heteroatoms. The molecule has 1 fully saturated rings. The molecule has 1 aromatic carbocycles. The number of halogens is 4. The molecule has 208 valence electrons. The van der Waals surface area contributed by atoms with E-state index in [1.165, 1.54) is 12.3 Å². The van der Waals surface area contributed by atoms with Crippen LogP contribution >= 0.6 is 0 Å². The number of alkyl halides is 2. The van der Waals surface area contributed by atoms with Crippen LogP contribution < -0.4 is 0 Å². The number of hydrogen-bond donors (Lipinski definition) is 2. The highest BCUT2D eigenvalue weighted by Gasteiger charge is 2.38. The fourth-order valence-electron chi connectivity index (χ4n) is 5.10. The van der Waals surface area contributed by atoms with Crippen molar-refractivity contribution in [3.05, 3.63) is 90.4 Å². The quantitative estimate of drug-likeness (QED) is 0.171. The minimum atomic E-state index is -2.71. The minimum Gasteiger partial charge on any atom is -0.336 e. The van der Waals surface area contributed by atoms with E-state index in [9.17, 15) is 13.2 Å². The van der Waals surface area contributed by atoms with Crippen molar-refractivity contribution < 1.29 is 17.6 Å². The largest absolute Gasteiger partial charge is 0.336 e. The summed E-state index contributed by atoms with van der Waals surface area (Å²) in [6.07, 6.45) is 7.81. The zero-order chi connectivity index (χ0) is 28.7. The number of aromatic amines is 2. The highest BCUT2D eigenvalue weighted by Crippen LogP contribution is 2.34. The summed E-state index contributed by atoms with van der Waals surface area (Å²) in [5, 5.41) is 7.28. The Morgan fingerprint density at radius 2 is 1.95 bits per heavy atom. The van der Waals surface area contributed by atoms with Crippen LogP contribution in [0.25, 0.3) is 50.3 Å². The Morgan fingerprint density at radius 3 is 2.68 bits per heavy atom.